The van der Waals surface area contributed by atoms with Crippen LogP contribution in [0.5, 0.6) is 0 Å². The van der Waals surface area contributed by atoms with Gasteiger partial charge in [0.15, 0.2) is 0 Å². The van der Waals surface area contributed by atoms with Crippen molar-refractivity contribution >= 4 is 23.3 Å². The Hall–Kier alpha value is -1.33. The molecule has 1 N–H and O–H groups in total. The van der Waals surface area contributed by atoms with Crippen LogP contribution in [0.3, 0.4) is 0 Å². The van der Waals surface area contributed by atoms with Gasteiger partial charge >= 0.3 is 0 Å². The molecule has 0 aromatic carbocycles. The number of ether oxygens (including phenoxy) is 1. The van der Waals surface area contributed by atoms with Crippen molar-refractivity contribution in [2.45, 2.75) is 19.4 Å². The van der Waals surface area contributed by atoms with Crippen LogP contribution in [0.25, 0.3) is 0 Å². The van der Waals surface area contributed by atoms with Crippen molar-refractivity contribution in [3.63, 3.8) is 0 Å². The molecule has 1 aromatic heterocycles. The predicted molar refractivity (Wildman–Crippen MR) is 74.7 cm³/mol. The highest BCUT2D eigenvalue weighted by Crippen LogP contribution is 2.20. The molecule has 1 unspecified atom stereocenters. The summed E-state index contributed by atoms with van der Waals surface area (Å²) in [4.78, 5) is 18.3. The number of hydrogen-bond donors (Lipinski definition) is 1. The van der Waals surface area contributed by atoms with E-state index in [1.165, 1.54) is 0 Å². The number of halogens is 1. The first-order chi connectivity index (χ1) is 9.13. The average molecular weight is 284 g/mol. The molecule has 6 heteroatoms. The van der Waals surface area contributed by atoms with Crippen LogP contribution in [-0.4, -0.2) is 48.6 Å². The van der Waals surface area contributed by atoms with Crippen molar-refractivity contribution in [2.75, 3.05) is 32.1 Å². The molecule has 2 rings (SSSR count). The molecule has 1 aromatic rings. The lowest BCUT2D eigenvalue weighted by Gasteiger charge is -2.23. The third-order valence-electron chi connectivity index (χ3n) is 3.18. The number of amides is 1. The second-order valence-corrected chi connectivity index (χ2v) is 4.90. The fourth-order valence-electron chi connectivity index (χ4n) is 2.03. The van der Waals surface area contributed by atoms with Gasteiger partial charge in [0.25, 0.3) is 5.91 Å². The van der Waals surface area contributed by atoms with E-state index in [0.29, 0.717) is 24.1 Å². The summed E-state index contributed by atoms with van der Waals surface area (Å²) in [5.41, 5.74) is 0.287. The maximum atomic E-state index is 12.4. The number of nitrogens with zero attached hydrogens (tertiary/aromatic N) is 2. The molecule has 0 saturated carbocycles. The number of carbonyl (C=O) groups is 1. The summed E-state index contributed by atoms with van der Waals surface area (Å²) in [6, 6.07) is 3.56. The van der Waals surface area contributed by atoms with Gasteiger partial charge in [-0.1, -0.05) is 11.6 Å². The van der Waals surface area contributed by atoms with E-state index in [2.05, 4.69) is 10.3 Å². The van der Waals surface area contributed by atoms with E-state index in [-0.39, 0.29) is 17.6 Å². The minimum absolute atomic E-state index is 0.105. The van der Waals surface area contributed by atoms with E-state index in [0.717, 1.165) is 13.0 Å². The van der Waals surface area contributed by atoms with Gasteiger partial charge in [-0.15, -0.1) is 0 Å². The minimum atomic E-state index is -0.166. The van der Waals surface area contributed by atoms with E-state index < -0.39 is 0 Å². The van der Waals surface area contributed by atoms with Crippen LogP contribution in [0.1, 0.15) is 23.8 Å². The van der Waals surface area contributed by atoms with Gasteiger partial charge in [-0.25, -0.2) is 4.98 Å². The summed E-state index contributed by atoms with van der Waals surface area (Å²) in [7, 11) is 1.76. The van der Waals surface area contributed by atoms with E-state index in [1.54, 1.807) is 24.1 Å². The molecular weight excluding hydrogens is 266 g/mol. The van der Waals surface area contributed by atoms with Crippen molar-refractivity contribution in [3.8, 4) is 0 Å². The second kappa shape index (κ2) is 6.21. The smallest absolute Gasteiger partial charge is 0.274 e. The van der Waals surface area contributed by atoms with Gasteiger partial charge in [0, 0.05) is 20.2 Å². The van der Waals surface area contributed by atoms with Crippen LogP contribution >= 0.6 is 11.6 Å². The summed E-state index contributed by atoms with van der Waals surface area (Å²) in [5, 5.41) is 3.45. The van der Waals surface area contributed by atoms with Crippen molar-refractivity contribution < 1.29 is 9.53 Å². The van der Waals surface area contributed by atoms with Gasteiger partial charge in [0.1, 0.15) is 11.5 Å². The normalized spacial score (nSPS) is 18.4. The Morgan fingerprint density at radius 1 is 1.63 bits per heavy atom. The lowest BCUT2D eigenvalue weighted by Crippen LogP contribution is -2.38. The van der Waals surface area contributed by atoms with E-state index in [4.69, 9.17) is 16.3 Å². The van der Waals surface area contributed by atoms with Crippen molar-refractivity contribution in [3.05, 3.63) is 22.8 Å². The Balaban J connectivity index is 2.19. The Morgan fingerprint density at radius 2 is 2.42 bits per heavy atom. The first-order valence-electron chi connectivity index (χ1n) is 6.38. The van der Waals surface area contributed by atoms with Crippen LogP contribution in [0.4, 0.5) is 5.82 Å². The summed E-state index contributed by atoms with van der Waals surface area (Å²) in [6.07, 6.45) is 0.854. The van der Waals surface area contributed by atoms with Crippen LogP contribution in [0.2, 0.25) is 5.02 Å². The molecule has 5 nitrogen and oxygen atoms in total. The lowest BCUT2D eigenvalue weighted by atomic mass is 10.2. The van der Waals surface area contributed by atoms with Gasteiger partial charge < -0.3 is 15.0 Å². The topological polar surface area (TPSA) is 54.5 Å². The quantitative estimate of drug-likeness (QED) is 0.919. The highest BCUT2D eigenvalue weighted by atomic mass is 35.5. The highest BCUT2D eigenvalue weighted by molar-refractivity contribution is 6.33. The molecule has 1 aliphatic rings. The van der Waals surface area contributed by atoms with Crippen LogP contribution < -0.4 is 5.32 Å². The molecule has 2 heterocycles. The number of nitrogens with one attached hydrogen (secondary N) is 1. The summed E-state index contributed by atoms with van der Waals surface area (Å²) in [6.45, 7) is 3.99. The average Bonchev–Trinajstić information content (AvgIpc) is 2.93. The van der Waals surface area contributed by atoms with Gasteiger partial charge in [0.05, 0.1) is 17.7 Å². The first kappa shape index (κ1) is 14.1. The third kappa shape index (κ3) is 3.16. The number of hydrogen-bond acceptors (Lipinski definition) is 4. The Kier molecular flexibility index (Phi) is 4.61. The molecule has 0 spiro atoms. The number of rotatable bonds is 4. The Labute approximate surface area is 117 Å². The summed E-state index contributed by atoms with van der Waals surface area (Å²) in [5.74, 6) is 0.492. The highest BCUT2D eigenvalue weighted by Gasteiger charge is 2.27. The van der Waals surface area contributed by atoms with Crippen molar-refractivity contribution in [1.29, 1.82) is 0 Å². The molecule has 1 saturated heterocycles. The molecular formula is C13H18ClN3O2. The largest absolute Gasteiger partial charge is 0.379 e. The van der Waals surface area contributed by atoms with Crippen LogP contribution in [0.15, 0.2) is 12.1 Å². The van der Waals surface area contributed by atoms with Gasteiger partial charge in [0.2, 0.25) is 0 Å². The second-order valence-electron chi connectivity index (χ2n) is 4.49. The fraction of sp³-hybridized carbons (Fsp3) is 0.538. The van der Waals surface area contributed by atoms with Gasteiger partial charge in [-0.05, 0) is 25.5 Å². The lowest BCUT2D eigenvalue weighted by molar-refractivity contribution is 0.0706. The van der Waals surface area contributed by atoms with Crippen molar-refractivity contribution in [1.82, 2.24) is 9.88 Å². The molecule has 1 amide bonds. The van der Waals surface area contributed by atoms with E-state index in [9.17, 15) is 4.79 Å². The zero-order chi connectivity index (χ0) is 13.8. The molecule has 1 aliphatic heterocycles. The molecule has 1 atom stereocenters. The monoisotopic (exact) mass is 283 g/mol. The van der Waals surface area contributed by atoms with E-state index >= 15 is 0 Å². The number of carbonyl (C=O) groups excluding carboxylic acids is 1. The number of aromatic nitrogens is 1. The molecule has 1 fully saturated rings. The Morgan fingerprint density at radius 3 is 3.05 bits per heavy atom. The summed E-state index contributed by atoms with van der Waals surface area (Å²) < 4.78 is 5.30. The fourth-order valence-corrected chi connectivity index (χ4v) is 2.22. The predicted octanol–water partition coefficient (Wildman–Crippen LogP) is 2.03. The van der Waals surface area contributed by atoms with Gasteiger partial charge in [-0.3, -0.25) is 4.79 Å². The maximum Gasteiger partial charge on any atom is 0.274 e. The maximum absolute atomic E-state index is 12.4. The van der Waals surface area contributed by atoms with Crippen LogP contribution in [-0.2, 0) is 4.74 Å². The zero-order valence-corrected chi connectivity index (χ0v) is 11.9. The number of likely N-dealkylation sites (N-methyl/N-ethyl adjacent to an activating group) is 1. The van der Waals surface area contributed by atoms with Gasteiger partial charge in [-0.2, -0.15) is 0 Å². The SMILES string of the molecule is CCNc1ccc(Cl)c(C(=O)N(C)C2CCOC2)n1. The van der Waals surface area contributed by atoms with Crippen molar-refractivity contribution in [2.24, 2.45) is 0 Å². The van der Waals surface area contributed by atoms with E-state index in [1.807, 2.05) is 6.92 Å². The van der Waals surface area contributed by atoms with Crippen LogP contribution in [0, 0.1) is 0 Å². The standard InChI is InChI=1S/C13H18ClN3O2/c1-3-15-11-5-4-10(14)12(16-11)13(18)17(2)9-6-7-19-8-9/h4-5,9H,3,6-8H2,1-2H3,(H,15,16). The molecule has 19 heavy (non-hydrogen) atoms. The number of anilines is 1. The molecule has 0 aliphatic carbocycles. The molecule has 104 valence electrons. The zero-order valence-electron chi connectivity index (χ0n) is 11.1. The minimum Gasteiger partial charge on any atom is -0.379 e. The first-order valence-corrected chi connectivity index (χ1v) is 6.76. The molecule has 0 radical (unpaired) electrons. The number of pyridine rings is 1. The Bertz CT molecular complexity index is 461. The summed E-state index contributed by atoms with van der Waals surface area (Å²) >= 11 is 6.07. The third-order valence-corrected chi connectivity index (χ3v) is 3.49. The molecule has 0 bridgehead atoms.